The number of amides is 1. The van der Waals surface area contributed by atoms with E-state index in [2.05, 4.69) is 4.98 Å². The molecule has 0 saturated carbocycles. The first-order valence-electron chi connectivity index (χ1n) is 6.06. The predicted octanol–water partition coefficient (Wildman–Crippen LogP) is 3.56. The summed E-state index contributed by atoms with van der Waals surface area (Å²) < 4.78 is 0. The second kappa shape index (κ2) is 4.28. The third-order valence-corrected chi connectivity index (χ3v) is 3.75. The van der Waals surface area contributed by atoms with Gasteiger partial charge in [-0.25, -0.2) is 0 Å². The van der Waals surface area contributed by atoms with Crippen molar-refractivity contribution in [2.45, 2.75) is 12.8 Å². The molecule has 1 atom stereocenters. The number of hydrogen-bond acceptors (Lipinski definition) is 1. The van der Waals surface area contributed by atoms with E-state index in [0.717, 1.165) is 27.4 Å². The summed E-state index contributed by atoms with van der Waals surface area (Å²) in [6.07, 6.45) is 0. The van der Waals surface area contributed by atoms with E-state index < -0.39 is 0 Å². The van der Waals surface area contributed by atoms with E-state index in [1.807, 2.05) is 43.3 Å². The van der Waals surface area contributed by atoms with E-state index >= 15 is 0 Å². The molecule has 3 rings (SSSR count). The van der Waals surface area contributed by atoms with Crippen molar-refractivity contribution in [3.8, 4) is 0 Å². The molecule has 2 aromatic carbocycles. The molecule has 3 aromatic rings. The maximum Gasteiger partial charge on any atom is 0.224 e. The third kappa shape index (κ3) is 1.96. The summed E-state index contributed by atoms with van der Waals surface area (Å²) in [5.74, 6) is -0.613. The molecule has 4 heteroatoms. The quantitative estimate of drug-likeness (QED) is 0.736. The van der Waals surface area contributed by atoms with Crippen LogP contribution in [0.5, 0.6) is 0 Å². The zero-order valence-electron chi connectivity index (χ0n) is 10.4. The molecule has 0 aliphatic rings. The molecule has 0 radical (unpaired) electrons. The SMILES string of the molecule is CC(C(N)=O)c1ccc2c(c1)[nH]c1ccc(Cl)cc12. The van der Waals surface area contributed by atoms with Gasteiger partial charge in [0.15, 0.2) is 0 Å². The van der Waals surface area contributed by atoms with Crippen molar-refractivity contribution in [3.05, 3.63) is 47.0 Å². The van der Waals surface area contributed by atoms with Crippen LogP contribution in [0.2, 0.25) is 5.02 Å². The van der Waals surface area contributed by atoms with E-state index in [1.54, 1.807) is 0 Å². The van der Waals surface area contributed by atoms with Gasteiger partial charge in [0, 0.05) is 26.8 Å². The maximum atomic E-state index is 11.2. The number of fused-ring (bicyclic) bond motifs is 3. The average molecular weight is 273 g/mol. The van der Waals surface area contributed by atoms with Gasteiger partial charge >= 0.3 is 0 Å². The van der Waals surface area contributed by atoms with Crippen LogP contribution in [0.15, 0.2) is 36.4 Å². The van der Waals surface area contributed by atoms with Gasteiger partial charge < -0.3 is 10.7 Å². The molecule has 3 N–H and O–H groups in total. The summed E-state index contributed by atoms with van der Waals surface area (Å²) in [6.45, 7) is 1.81. The van der Waals surface area contributed by atoms with Gasteiger partial charge in [0.2, 0.25) is 5.91 Å². The fraction of sp³-hybridized carbons (Fsp3) is 0.133. The Morgan fingerprint density at radius 1 is 1.16 bits per heavy atom. The Hall–Kier alpha value is -2.00. The number of H-pyrrole nitrogens is 1. The molecule has 1 unspecified atom stereocenters. The maximum absolute atomic E-state index is 11.2. The van der Waals surface area contributed by atoms with E-state index in [4.69, 9.17) is 17.3 Å². The van der Waals surface area contributed by atoms with Crippen molar-refractivity contribution in [2.75, 3.05) is 0 Å². The Morgan fingerprint density at radius 3 is 2.68 bits per heavy atom. The Labute approximate surface area is 115 Å². The Balaban J connectivity index is 2.24. The molecule has 3 nitrogen and oxygen atoms in total. The predicted molar refractivity (Wildman–Crippen MR) is 78.4 cm³/mol. The number of halogens is 1. The summed E-state index contributed by atoms with van der Waals surface area (Å²) in [4.78, 5) is 14.6. The van der Waals surface area contributed by atoms with E-state index in [1.165, 1.54) is 0 Å². The number of nitrogens with two attached hydrogens (primary N) is 1. The number of hydrogen-bond donors (Lipinski definition) is 2. The van der Waals surface area contributed by atoms with Gasteiger partial charge in [-0.05, 0) is 36.8 Å². The van der Waals surface area contributed by atoms with Crippen LogP contribution >= 0.6 is 11.6 Å². The van der Waals surface area contributed by atoms with Crippen molar-refractivity contribution >= 4 is 39.3 Å². The summed E-state index contributed by atoms with van der Waals surface area (Å²) in [5, 5.41) is 2.89. The number of carbonyl (C=O) groups excluding carboxylic acids is 1. The van der Waals surface area contributed by atoms with Crippen LogP contribution in [0.4, 0.5) is 0 Å². The lowest BCUT2D eigenvalue weighted by atomic mass is 9.99. The van der Waals surface area contributed by atoms with Crippen LogP contribution in [0.25, 0.3) is 21.8 Å². The smallest absolute Gasteiger partial charge is 0.224 e. The molecule has 0 spiro atoms. The van der Waals surface area contributed by atoms with Gasteiger partial charge in [0.1, 0.15) is 0 Å². The topological polar surface area (TPSA) is 58.9 Å². The summed E-state index contributed by atoms with van der Waals surface area (Å²) in [5.41, 5.74) is 8.27. The van der Waals surface area contributed by atoms with Gasteiger partial charge in [-0.2, -0.15) is 0 Å². The number of primary amides is 1. The Bertz CT molecular complexity index is 791. The van der Waals surface area contributed by atoms with Crippen molar-refractivity contribution in [3.63, 3.8) is 0 Å². The summed E-state index contributed by atoms with van der Waals surface area (Å²) in [6, 6.07) is 11.7. The van der Waals surface area contributed by atoms with Crippen molar-refractivity contribution in [1.82, 2.24) is 4.98 Å². The highest BCUT2D eigenvalue weighted by Crippen LogP contribution is 2.29. The second-order valence-corrected chi connectivity index (χ2v) is 5.18. The first kappa shape index (κ1) is 12.1. The number of benzene rings is 2. The second-order valence-electron chi connectivity index (χ2n) is 4.74. The molecule has 1 aromatic heterocycles. The monoisotopic (exact) mass is 272 g/mol. The lowest BCUT2D eigenvalue weighted by Gasteiger charge is -2.07. The lowest BCUT2D eigenvalue weighted by Crippen LogP contribution is -2.18. The highest BCUT2D eigenvalue weighted by atomic mass is 35.5. The molecular weight excluding hydrogens is 260 g/mol. The lowest BCUT2D eigenvalue weighted by molar-refractivity contribution is -0.119. The molecule has 0 aliphatic carbocycles. The molecule has 1 amide bonds. The molecular formula is C15H13ClN2O. The largest absolute Gasteiger partial charge is 0.369 e. The standard InChI is InChI=1S/C15H13ClN2O/c1-8(15(17)19)9-2-4-11-12-7-10(16)3-5-13(12)18-14(11)6-9/h2-8,18H,1H3,(H2,17,19). The number of rotatable bonds is 2. The minimum absolute atomic E-state index is 0.292. The van der Waals surface area contributed by atoms with Gasteiger partial charge in [-0.1, -0.05) is 23.7 Å². The molecule has 0 saturated heterocycles. The highest BCUT2D eigenvalue weighted by Gasteiger charge is 2.13. The zero-order chi connectivity index (χ0) is 13.6. The number of aromatic nitrogens is 1. The van der Waals surface area contributed by atoms with Crippen molar-refractivity contribution in [2.24, 2.45) is 5.73 Å². The third-order valence-electron chi connectivity index (χ3n) is 3.51. The normalized spacial score (nSPS) is 12.9. The van der Waals surface area contributed by atoms with Crippen LogP contribution in [0.1, 0.15) is 18.4 Å². The van der Waals surface area contributed by atoms with Crippen LogP contribution in [0.3, 0.4) is 0 Å². The van der Waals surface area contributed by atoms with Crippen LogP contribution < -0.4 is 5.73 Å². The summed E-state index contributed by atoms with van der Waals surface area (Å²) in [7, 11) is 0. The Kier molecular flexibility index (Phi) is 2.72. The molecule has 19 heavy (non-hydrogen) atoms. The molecule has 1 heterocycles. The number of aromatic amines is 1. The number of nitrogens with one attached hydrogen (secondary N) is 1. The molecule has 0 bridgehead atoms. The first-order valence-corrected chi connectivity index (χ1v) is 6.44. The van der Waals surface area contributed by atoms with Crippen LogP contribution in [-0.2, 0) is 4.79 Å². The molecule has 0 fully saturated rings. The minimum atomic E-state index is -0.321. The van der Waals surface area contributed by atoms with Crippen LogP contribution in [-0.4, -0.2) is 10.9 Å². The Morgan fingerprint density at radius 2 is 1.95 bits per heavy atom. The van der Waals surface area contributed by atoms with E-state index in [0.29, 0.717) is 5.02 Å². The number of carbonyl (C=O) groups is 1. The van der Waals surface area contributed by atoms with Gasteiger partial charge in [0.05, 0.1) is 5.92 Å². The minimum Gasteiger partial charge on any atom is -0.369 e. The fourth-order valence-corrected chi connectivity index (χ4v) is 2.50. The van der Waals surface area contributed by atoms with Gasteiger partial charge in [0.25, 0.3) is 0 Å². The van der Waals surface area contributed by atoms with Crippen LogP contribution in [0, 0.1) is 0 Å². The van der Waals surface area contributed by atoms with Crippen molar-refractivity contribution in [1.29, 1.82) is 0 Å². The molecule has 96 valence electrons. The molecule has 0 aliphatic heterocycles. The van der Waals surface area contributed by atoms with Crippen molar-refractivity contribution < 1.29 is 4.79 Å². The summed E-state index contributed by atoms with van der Waals surface area (Å²) >= 11 is 6.02. The average Bonchev–Trinajstić information content (AvgIpc) is 2.74. The van der Waals surface area contributed by atoms with E-state index in [-0.39, 0.29) is 11.8 Å². The van der Waals surface area contributed by atoms with Gasteiger partial charge in [-0.3, -0.25) is 4.79 Å². The highest BCUT2D eigenvalue weighted by molar-refractivity contribution is 6.31. The first-order chi connectivity index (χ1) is 9.06. The fourth-order valence-electron chi connectivity index (χ4n) is 2.33. The zero-order valence-corrected chi connectivity index (χ0v) is 11.2. The van der Waals surface area contributed by atoms with E-state index in [9.17, 15) is 4.79 Å². The van der Waals surface area contributed by atoms with Gasteiger partial charge in [-0.15, -0.1) is 0 Å².